The van der Waals surface area contributed by atoms with Gasteiger partial charge in [0.15, 0.2) is 0 Å². The summed E-state index contributed by atoms with van der Waals surface area (Å²) in [6.07, 6.45) is 0.146. The van der Waals surface area contributed by atoms with Gasteiger partial charge in [-0.3, -0.25) is 4.39 Å². The molecular formula is C9H11BrClF2N. The molecule has 1 atom stereocenters. The Morgan fingerprint density at radius 2 is 2.07 bits per heavy atom. The SMILES string of the molecule is Cl.N[C@H](CCF)c1cc(Br)ccc1F. The van der Waals surface area contributed by atoms with Crippen LogP contribution in [0.2, 0.25) is 0 Å². The van der Waals surface area contributed by atoms with E-state index in [9.17, 15) is 8.78 Å². The van der Waals surface area contributed by atoms with Crippen LogP contribution in [0.4, 0.5) is 8.78 Å². The molecule has 0 fully saturated rings. The van der Waals surface area contributed by atoms with Crippen molar-refractivity contribution in [3.63, 3.8) is 0 Å². The van der Waals surface area contributed by atoms with Crippen molar-refractivity contribution in [2.75, 3.05) is 6.67 Å². The Hall–Kier alpha value is -0.190. The first kappa shape index (κ1) is 13.8. The van der Waals surface area contributed by atoms with E-state index in [4.69, 9.17) is 5.73 Å². The van der Waals surface area contributed by atoms with Crippen LogP contribution in [0.5, 0.6) is 0 Å². The zero-order valence-electron chi connectivity index (χ0n) is 7.34. The summed E-state index contributed by atoms with van der Waals surface area (Å²) in [7, 11) is 0. The van der Waals surface area contributed by atoms with Crippen LogP contribution < -0.4 is 5.73 Å². The molecular weight excluding hydrogens is 275 g/mol. The predicted octanol–water partition coefficient (Wildman–Crippen LogP) is 3.37. The fourth-order valence-electron chi connectivity index (χ4n) is 1.07. The number of nitrogens with two attached hydrogens (primary N) is 1. The summed E-state index contributed by atoms with van der Waals surface area (Å²) in [5.41, 5.74) is 5.93. The maximum Gasteiger partial charge on any atom is 0.128 e. The highest BCUT2D eigenvalue weighted by Gasteiger charge is 2.11. The van der Waals surface area contributed by atoms with Crippen molar-refractivity contribution in [1.82, 2.24) is 0 Å². The molecule has 2 N–H and O–H groups in total. The van der Waals surface area contributed by atoms with Crippen molar-refractivity contribution < 1.29 is 8.78 Å². The van der Waals surface area contributed by atoms with Crippen LogP contribution in [0.15, 0.2) is 22.7 Å². The molecule has 0 radical (unpaired) electrons. The van der Waals surface area contributed by atoms with E-state index in [1.165, 1.54) is 6.07 Å². The standard InChI is InChI=1S/C9H10BrF2N.ClH/c10-6-1-2-8(12)7(5-6)9(13)3-4-11;/h1-2,5,9H,3-4,13H2;1H/t9-;/m1./s1. The number of halogens is 4. The molecule has 1 aromatic carbocycles. The smallest absolute Gasteiger partial charge is 0.128 e. The first-order valence-electron chi connectivity index (χ1n) is 3.91. The largest absolute Gasteiger partial charge is 0.324 e. The van der Waals surface area contributed by atoms with E-state index < -0.39 is 12.7 Å². The number of hydrogen-bond acceptors (Lipinski definition) is 1. The van der Waals surface area contributed by atoms with Crippen LogP contribution >= 0.6 is 28.3 Å². The van der Waals surface area contributed by atoms with E-state index in [1.54, 1.807) is 12.1 Å². The third-order valence-electron chi connectivity index (χ3n) is 1.78. The van der Waals surface area contributed by atoms with Crippen molar-refractivity contribution in [3.8, 4) is 0 Å². The van der Waals surface area contributed by atoms with Gasteiger partial charge in [0.25, 0.3) is 0 Å². The van der Waals surface area contributed by atoms with Gasteiger partial charge in [-0.15, -0.1) is 12.4 Å². The molecule has 0 spiro atoms. The monoisotopic (exact) mass is 285 g/mol. The Labute approximate surface area is 96.2 Å². The molecule has 0 aromatic heterocycles. The summed E-state index contributed by atoms with van der Waals surface area (Å²) >= 11 is 3.20. The number of rotatable bonds is 3. The van der Waals surface area contributed by atoms with Crippen molar-refractivity contribution in [1.29, 1.82) is 0 Å². The van der Waals surface area contributed by atoms with Gasteiger partial charge in [-0.2, -0.15) is 0 Å². The summed E-state index contributed by atoms with van der Waals surface area (Å²) in [5.74, 6) is -0.385. The van der Waals surface area contributed by atoms with Gasteiger partial charge in [0.2, 0.25) is 0 Å². The first-order valence-corrected chi connectivity index (χ1v) is 4.71. The second-order valence-corrected chi connectivity index (χ2v) is 3.67. The molecule has 1 aromatic rings. The Morgan fingerprint density at radius 1 is 1.43 bits per heavy atom. The van der Waals surface area contributed by atoms with Crippen LogP contribution in [-0.2, 0) is 0 Å². The Balaban J connectivity index is 0.00000169. The van der Waals surface area contributed by atoms with Gasteiger partial charge in [0.1, 0.15) is 5.82 Å². The predicted molar refractivity (Wildman–Crippen MR) is 58.9 cm³/mol. The number of benzene rings is 1. The molecule has 14 heavy (non-hydrogen) atoms. The summed E-state index contributed by atoms with van der Waals surface area (Å²) in [5, 5.41) is 0. The zero-order chi connectivity index (χ0) is 9.84. The molecule has 0 aliphatic rings. The summed E-state index contributed by atoms with van der Waals surface area (Å²) in [6, 6.07) is 3.91. The molecule has 1 rings (SSSR count). The molecule has 5 heteroatoms. The van der Waals surface area contributed by atoms with E-state index in [0.29, 0.717) is 5.56 Å². The van der Waals surface area contributed by atoms with E-state index >= 15 is 0 Å². The minimum absolute atomic E-state index is 0. The summed E-state index contributed by atoms with van der Waals surface area (Å²) in [6.45, 7) is -0.535. The zero-order valence-corrected chi connectivity index (χ0v) is 9.75. The average Bonchev–Trinajstić information content (AvgIpc) is 2.09. The van der Waals surface area contributed by atoms with Crippen LogP contribution in [0.3, 0.4) is 0 Å². The lowest BCUT2D eigenvalue weighted by Gasteiger charge is -2.10. The molecule has 0 bridgehead atoms. The number of alkyl halides is 1. The maximum atomic E-state index is 13.1. The minimum Gasteiger partial charge on any atom is -0.324 e. The minimum atomic E-state index is -0.567. The molecule has 0 heterocycles. The van der Waals surface area contributed by atoms with E-state index in [1.807, 2.05) is 0 Å². The molecule has 0 amide bonds. The molecule has 0 aliphatic heterocycles. The van der Waals surface area contributed by atoms with Gasteiger partial charge in [-0.05, 0) is 24.6 Å². The molecule has 0 unspecified atom stereocenters. The molecule has 80 valence electrons. The molecule has 1 nitrogen and oxygen atoms in total. The fraction of sp³-hybridized carbons (Fsp3) is 0.333. The lowest BCUT2D eigenvalue weighted by Crippen LogP contribution is -2.12. The van der Waals surface area contributed by atoms with E-state index in [2.05, 4.69) is 15.9 Å². The van der Waals surface area contributed by atoms with E-state index in [0.717, 1.165) is 4.47 Å². The van der Waals surface area contributed by atoms with Gasteiger partial charge in [-0.1, -0.05) is 15.9 Å². The highest BCUT2D eigenvalue weighted by Crippen LogP contribution is 2.22. The first-order chi connectivity index (χ1) is 6.15. The topological polar surface area (TPSA) is 26.0 Å². The fourth-order valence-corrected chi connectivity index (χ4v) is 1.45. The second kappa shape index (κ2) is 6.32. The number of hydrogen-bond donors (Lipinski definition) is 1. The quantitative estimate of drug-likeness (QED) is 0.906. The third kappa shape index (κ3) is 3.52. The molecule has 0 aliphatic carbocycles. The highest BCUT2D eigenvalue weighted by molar-refractivity contribution is 9.10. The average molecular weight is 287 g/mol. The van der Waals surface area contributed by atoms with Crippen LogP contribution in [-0.4, -0.2) is 6.67 Å². The van der Waals surface area contributed by atoms with Crippen molar-refractivity contribution in [3.05, 3.63) is 34.1 Å². The second-order valence-electron chi connectivity index (χ2n) is 2.75. The molecule has 0 saturated heterocycles. The van der Waals surface area contributed by atoms with Crippen LogP contribution in [0.1, 0.15) is 18.0 Å². The Morgan fingerprint density at radius 3 is 2.64 bits per heavy atom. The van der Waals surface area contributed by atoms with Crippen LogP contribution in [0, 0.1) is 5.82 Å². The lowest BCUT2D eigenvalue weighted by molar-refractivity contribution is 0.435. The lowest BCUT2D eigenvalue weighted by atomic mass is 10.1. The van der Waals surface area contributed by atoms with Gasteiger partial charge in [0.05, 0.1) is 6.67 Å². The van der Waals surface area contributed by atoms with Crippen LogP contribution in [0.25, 0.3) is 0 Å². The normalized spacial score (nSPS) is 12.0. The highest BCUT2D eigenvalue weighted by atomic mass is 79.9. The maximum absolute atomic E-state index is 13.1. The Bertz CT molecular complexity index is 296. The van der Waals surface area contributed by atoms with E-state index in [-0.39, 0.29) is 24.6 Å². The van der Waals surface area contributed by atoms with Gasteiger partial charge in [-0.25, -0.2) is 4.39 Å². The third-order valence-corrected chi connectivity index (χ3v) is 2.27. The van der Waals surface area contributed by atoms with Gasteiger partial charge in [0, 0.05) is 16.1 Å². The van der Waals surface area contributed by atoms with Gasteiger partial charge >= 0.3 is 0 Å². The van der Waals surface area contributed by atoms with Crippen molar-refractivity contribution in [2.24, 2.45) is 5.73 Å². The molecule has 0 saturated carbocycles. The Kier molecular flexibility index (Phi) is 6.24. The van der Waals surface area contributed by atoms with Gasteiger partial charge < -0.3 is 5.73 Å². The van der Waals surface area contributed by atoms with Crippen molar-refractivity contribution in [2.45, 2.75) is 12.5 Å². The summed E-state index contributed by atoms with van der Waals surface area (Å²) in [4.78, 5) is 0. The van der Waals surface area contributed by atoms with Crippen molar-refractivity contribution >= 4 is 28.3 Å². The summed E-state index contributed by atoms with van der Waals surface area (Å²) < 4.78 is 25.8.